The molecule has 0 unspecified atom stereocenters. The van der Waals surface area contributed by atoms with E-state index in [1.54, 1.807) is 53.3 Å². The number of hydrogen-bond acceptors (Lipinski definition) is 9. The average Bonchev–Trinajstić information content (AvgIpc) is 3.36. The van der Waals surface area contributed by atoms with Crippen LogP contribution in [0.1, 0.15) is 15.9 Å². The second-order valence-electron chi connectivity index (χ2n) is 7.47. The minimum atomic E-state index is -0.695. The molecule has 4 rings (SSSR count). The zero-order valence-electron chi connectivity index (χ0n) is 19.6. The van der Waals surface area contributed by atoms with E-state index in [0.29, 0.717) is 41.1 Å². The van der Waals surface area contributed by atoms with Crippen molar-refractivity contribution in [3.63, 3.8) is 0 Å². The molecule has 0 atom stereocenters. The third kappa shape index (κ3) is 5.17. The number of amides is 2. The third-order valence-electron chi connectivity index (χ3n) is 5.12. The molecule has 0 aliphatic carbocycles. The number of hydrogen-bond donors (Lipinski definition) is 4. The van der Waals surface area contributed by atoms with Crippen LogP contribution in [0.4, 0.5) is 23.3 Å². The number of carbonyl (C=O) groups excluding carboxylic acids is 2. The number of fused-ring (bicyclic) bond motifs is 1. The van der Waals surface area contributed by atoms with E-state index in [0.717, 1.165) is 5.56 Å². The fourth-order valence-corrected chi connectivity index (χ4v) is 3.45. The highest BCUT2D eigenvalue weighted by Gasteiger charge is 2.20. The highest BCUT2D eigenvalue weighted by atomic mass is 16.5. The van der Waals surface area contributed by atoms with Crippen molar-refractivity contribution >= 4 is 40.7 Å². The van der Waals surface area contributed by atoms with Gasteiger partial charge in [-0.15, -0.1) is 0 Å². The smallest absolute Gasteiger partial charge is 0.256 e. The van der Waals surface area contributed by atoms with Crippen LogP contribution in [-0.2, 0) is 11.3 Å². The Hall–Kier alpha value is -5.13. The van der Waals surface area contributed by atoms with Crippen molar-refractivity contribution in [2.75, 3.05) is 30.2 Å². The quantitative estimate of drug-likeness (QED) is 0.246. The Balaban J connectivity index is 1.69. The molecule has 0 aliphatic heterocycles. The summed E-state index contributed by atoms with van der Waals surface area (Å²) in [5, 5.41) is 8.98. The molecule has 0 saturated carbocycles. The van der Waals surface area contributed by atoms with E-state index in [2.05, 4.69) is 37.5 Å². The van der Waals surface area contributed by atoms with Crippen LogP contribution in [0.2, 0.25) is 0 Å². The molecule has 0 spiro atoms. The molecule has 1 aromatic carbocycles. The molecule has 0 radical (unpaired) electrons. The van der Waals surface area contributed by atoms with E-state index in [1.165, 1.54) is 20.3 Å². The van der Waals surface area contributed by atoms with E-state index in [1.807, 2.05) is 0 Å². The van der Waals surface area contributed by atoms with Crippen molar-refractivity contribution in [3.05, 3.63) is 72.7 Å². The minimum absolute atomic E-state index is 0.116. The number of carbonyl (C=O) groups is 2. The Morgan fingerprint density at radius 3 is 2.53 bits per heavy atom. The van der Waals surface area contributed by atoms with E-state index < -0.39 is 5.91 Å². The Kier molecular flexibility index (Phi) is 6.95. The van der Waals surface area contributed by atoms with E-state index in [4.69, 9.17) is 15.2 Å². The average molecular weight is 489 g/mol. The molecule has 0 bridgehead atoms. The van der Waals surface area contributed by atoms with Crippen molar-refractivity contribution in [1.82, 2.24) is 19.4 Å². The molecule has 0 saturated heterocycles. The number of benzene rings is 1. The lowest BCUT2D eigenvalue weighted by atomic mass is 10.2. The number of imidazole rings is 1. The third-order valence-corrected chi connectivity index (χ3v) is 5.12. The van der Waals surface area contributed by atoms with Gasteiger partial charge in [-0.2, -0.15) is 4.98 Å². The molecule has 3 heterocycles. The summed E-state index contributed by atoms with van der Waals surface area (Å²) in [5.41, 5.74) is 7.53. The van der Waals surface area contributed by atoms with Gasteiger partial charge < -0.3 is 31.2 Å². The minimum Gasteiger partial charge on any atom is -0.497 e. The normalized spacial score (nSPS) is 10.5. The van der Waals surface area contributed by atoms with Gasteiger partial charge in [-0.1, -0.05) is 6.58 Å². The number of primary amides is 1. The molecule has 0 fully saturated rings. The maximum Gasteiger partial charge on any atom is 0.256 e. The standard InChI is InChI=1S/C24H24N8O4/c1-4-19(33)30-18-9-14(5-6-26-18)13-28-24-31-22(20(21(25)34)23-27-7-8-32(23)24)29-15-10-16(35-2)12-17(11-15)36-3/h4-12,29H,1,13H2,2-3H3,(H2,25,34)(H,28,31)(H,26,30,33). The van der Waals surface area contributed by atoms with E-state index in [-0.39, 0.29) is 17.3 Å². The molecule has 3 aromatic heterocycles. The molecule has 5 N–H and O–H groups in total. The summed E-state index contributed by atoms with van der Waals surface area (Å²) in [7, 11) is 3.08. The number of anilines is 4. The zero-order chi connectivity index (χ0) is 25.7. The van der Waals surface area contributed by atoms with E-state index >= 15 is 0 Å². The van der Waals surface area contributed by atoms with Gasteiger partial charge >= 0.3 is 0 Å². The van der Waals surface area contributed by atoms with Gasteiger partial charge in [0.05, 0.1) is 14.2 Å². The predicted octanol–water partition coefficient (Wildman–Crippen LogP) is 2.72. The van der Waals surface area contributed by atoms with E-state index in [9.17, 15) is 9.59 Å². The number of rotatable bonds is 10. The maximum absolute atomic E-state index is 12.4. The second kappa shape index (κ2) is 10.4. The van der Waals surface area contributed by atoms with Crippen LogP contribution in [-0.4, -0.2) is 45.4 Å². The van der Waals surface area contributed by atoms with Crippen molar-refractivity contribution in [3.8, 4) is 11.5 Å². The number of nitrogens with zero attached hydrogens (tertiary/aromatic N) is 4. The number of nitrogens with one attached hydrogen (secondary N) is 3. The Labute approximate surface area is 206 Å². The Morgan fingerprint density at radius 2 is 1.86 bits per heavy atom. The summed E-state index contributed by atoms with van der Waals surface area (Å²) in [6.07, 6.45) is 5.95. The van der Waals surface area contributed by atoms with Crippen LogP contribution in [0.5, 0.6) is 11.5 Å². The van der Waals surface area contributed by atoms with Crippen LogP contribution < -0.4 is 31.2 Å². The summed E-state index contributed by atoms with van der Waals surface area (Å²) >= 11 is 0. The van der Waals surface area contributed by atoms with Gasteiger partial charge in [0.25, 0.3) is 5.91 Å². The van der Waals surface area contributed by atoms with Gasteiger partial charge in [-0.25, -0.2) is 9.97 Å². The van der Waals surface area contributed by atoms with Gasteiger partial charge in [0, 0.05) is 49.0 Å². The van der Waals surface area contributed by atoms with Gasteiger partial charge in [0.15, 0.2) is 11.5 Å². The molecule has 4 aromatic rings. The highest BCUT2D eigenvalue weighted by molar-refractivity contribution is 6.04. The van der Waals surface area contributed by atoms with Crippen molar-refractivity contribution in [2.45, 2.75) is 6.54 Å². The van der Waals surface area contributed by atoms with Crippen LogP contribution in [0.25, 0.3) is 5.65 Å². The molecule has 12 heteroatoms. The lowest BCUT2D eigenvalue weighted by molar-refractivity contribution is -0.111. The number of pyridine rings is 1. The first-order valence-electron chi connectivity index (χ1n) is 10.7. The monoisotopic (exact) mass is 488 g/mol. The topological polar surface area (TPSA) is 158 Å². The first kappa shape index (κ1) is 24.0. The molecule has 0 aliphatic rings. The van der Waals surface area contributed by atoms with Gasteiger partial charge in [-0.05, 0) is 23.8 Å². The summed E-state index contributed by atoms with van der Waals surface area (Å²) < 4.78 is 12.3. The summed E-state index contributed by atoms with van der Waals surface area (Å²) in [4.78, 5) is 37.0. The molecule has 2 amide bonds. The SMILES string of the molecule is C=CC(=O)Nc1cc(CNc2nc(Nc3cc(OC)cc(OC)c3)c(C(N)=O)c3nccn23)ccn1. The van der Waals surface area contributed by atoms with Crippen molar-refractivity contribution in [2.24, 2.45) is 5.73 Å². The number of aromatic nitrogens is 4. The lowest BCUT2D eigenvalue weighted by Crippen LogP contribution is -2.18. The van der Waals surface area contributed by atoms with Crippen molar-refractivity contribution < 1.29 is 19.1 Å². The van der Waals surface area contributed by atoms with Gasteiger partial charge in [-0.3, -0.25) is 14.0 Å². The van der Waals surface area contributed by atoms with Gasteiger partial charge in [0.1, 0.15) is 22.9 Å². The van der Waals surface area contributed by atoms with Gasteiger partial charge in [0.2, 0.25) is 11.9 Å². The number of methoxy groups -OCH3 is 2. The van der Waals surface area contributed by atoms with Crippen LogP contribution in [0.3, 0.4) is 0 Å². The van der Waals surface area contributed by atoms with Crippen LogP contribution in [0.15, 0.2) is 61.6 Å². The first-order chi connectivity index (χ1) is 17.4. The number of ether oxygens (including phenoxy) is 2. The zero-order valence-corrected chi connectivity index (χ0v) is 19.6. The summed E-state index contributed by atoms with van der Waals surface area (Å²) in [6.45, 7) is 3.77. The molecular weight excluding hydrogens is 464 g/mol. The summed E-state index contributed by atoms with van der Waals surface area (Å²) in [6, 6.07) is 8.70. The predicted molar refractivity (Wildman–Crippen MR) is 135 cm³/mol. The maximum atomic E-state index is 12.4. The summed E-state index contributed by atoms with van der Waals surface area (Å²) in [5.74, 6) is 1.04. The molecule has 12 nitrogen and oxygen atoms in total. The van der Waals surface area contributed by atoms with Crippen LogP contribution >= 0.6 is 0 Å². The second-order valence-corrected chi connectivity index (χ2v) is 7.47. The first-order valence-corrected chi connectivity index (χ1v) is 10.7. The lowest BCUT2D eigenvalue weighted by Gasteiger charge is -2.16. The fourth-order valence-electron chi connectivity index (χ4n) is 3.45. The Bertz CT molecular complexity index is 1430. The fraction of sp³-hybridized carbons (Fsp3) is 0.125. The van der Waals surface area contributed by atoms with Crippen molar-refractivity contribution in [1.29, 1.82) is 0 Å². The molecular formula is C24H24N8O4. The van der Waals surface area contributed by atoms with Crippen LogP contribution in [0, 0.1) is 0 Å². The Morgan fingerprint density at radius 1 is 1.11 bits per heavy atom. The molecule has 36 heavy (non-hydrogen) atoms. The molecule has 184 valence electrons. The number of nitrogens with two attached hydrogens (primary N) is 1. The largest absolute Gasteiger partial charge is 0.497 e. The highest BCUT2D eigenvalue weighted by Crippen LogP contribution is 2.30.